The Labute approximate surface area is 193 Å². The molecule has 0 unspecified atom stereocenters. The number of likely N-dealkylation sites (N-methyl/N-ethyl adjacent to an activating group) is 1. The number of carbonyl (C=O) groups is 1. The smallest absolute Gasteiger partial charge is 0.253 e. The van der Waals surface area contributed by atoms with Crippen molar-refractivity contribution in [3.8, 4) is 16.9 Å². The van der Waals surface area contributed by atoms with E-state index in [1.54, 1.807) is 6.20 Å². The molecule has 2 aromatic carbocycles. The van der Waals surface area contributed by atoms with E-state index in [1.807, 2.05) is 59.5 Å². The van der Waals surface area contributed by atoms with E-state index in [0.29, 0.717) is 34.8 Å². The molecule has 0 radical (unpaired) electrons. The number of nitrogens with zero attached hydrogens (tertiary/aromatic N) is 3. The van der Waals surface area contributed by atoms with E-state index in [1.165, 1.54) is 0 Å². The lowest BCUT2D eigenvalue weighted by Gasteiger charge is -2.20. The van der Waals surface area contributed by atoms with Gasteiger partial charge in [-0.3, -0.25) is 4.79 Å². The van der Waals surface area contributed by atoms with Crippen LogP contribution in [0.1, 0.15) is 22.3 Å². The molecule has 0 spiro atoms. The number of benzene rings is 2. The molecule has 1 aromatic heterocycles. The van der Waals surface area contributed by atoms with Crippen LogP contribution in [0.5, 0.6) is 5.75 Å². The highest BCUT2D eigenvalue weighted by Crippen LogP contribution is 2.29. The summed E-state index contributed by atoms with van der Waals surface area (Å²) in [5.74, 6) is 0.881. The number of nitrogen functional groups attached to an aromatic ring is 1. The minimum Gasteiger partial charge on any atom is -0.485 e. The molecule has 0 bridgehead atoms. The highest BCUT2D eigenvalue weighted by molar-refractivity contribution is 6.31. The summed E-state index contributed by atoms with van der Waals surface area (Å²) in [7, 11) is 4.11. The van der Waals surface area contributed by atoms with Crippen LogP contribution in [0.4, 0.5) is 5.82 Å². The van der Waals surface area contributed by atoms with E-state index in [-0.39, 0.29) is 5.91 Å². The molecule has 1 atom stereocenters. The Hall–Kier alpha value is -3.09. The Balaban J connectivity index is 1.46. The first kappa shape index (κ1) is 22.1. The number of hydrogen-bond acceptors (Lipinski definition) is 5. The average Bonchev–Trinajstić information content (AvgIpc) is 3.30. The zero-order valence-corrected chi connectivity index (χ0v) is 19.0. The number of hydrogen-bond donors (Lipinski definition) is 1. The Morgan fingerprint density at radius 2 is 1.94 bits per heavy atom. The molecule has 7 heteroatoms. The number of carbonyl (C=O) groups excluding carboxylic acids is 1. The first-order chi connectivity index (χ1) is 15.4. The molecule has 1 fully saturated rings. The van der Waals surface area contributed by atoms with Crippen LogP contribution in [-0.2, 0) is 6.61 Å². The molecule has 1 amide bonds. The van der Waals surface area contributed by atoms with Crippen molar-refractivity contribution in [2.45, 2.75) is 19.1 Å². The number of likely N-dealkylation sites (tertiary alicyclic amines) is 1. The van der Waals surface area contributed by atoms with E-state index >= 15 is 0 Å². The van der Waals surface area contributed by atoms with Crippen LogP contribution in [-0.4, -0.2) is 53.9 Å². The van der Waals surface area contributed by atoms with E-state index in [9.17, 15) is 4.79 Å². The van der Waals surface area contributed by atoms with Crippen molar-refractivity contribution in [2.75, 3.05) is 32.9 Å². The van der Waals surface area contributed by atoms with Crippen LogP contribution >= 0.6 is 11.6 Å². The average molecular weight is 451 g/mol. The fraction of sp³-hybridized carbons (Fsp3) is 0.280. The third-order valence-electron chi connectivity index (χ3n) is 5.87. The Bertz CT molecular complexity index is 1100. The summed E-state index contributed by atoms with van der Waals surface area (Å²) in [5, 5.41) is 0.644. The largest absolute Gasteiger partial charge is 0.485 e. The first-order valence-electron chi connectivity index (χ1n) is 10.6. The van der Waals surface area contributed by atoms with Gasteiger partial charge in [-0.2, -0.15) is 0 Å². The highest BCUT2D eigenvalue weighted by atomic mass is 35.5. The van der Waals surface area contributed by atoms with Crippen LogP contribution in [0.15, 0.2) is 60.8 Å². The Morgan fingerprint density at radius 3 is 2.62 bits per heavy atom. The van der Waals surface area contributed by atoms with Gasteiger partial charge in [-0.05, 0) is 50.3 Å². The maximum absolute atomic E-state index is 12.9. The van der Waals surface area contributed by atoms with Gasteiger partial charge < -0.3 is 20.3 Å². The summed E-state index contributed by atoms with van der Waals surface area (Å²) in [4.78, 5) is 21.2. The minimum absolute atomic E-state index is 0.0695. The number of nitrogens with two attached hydrogens (primary N) is 1. The van der Waals surface area contributed by atoms with Crippen molar-refractivity contribution in [3.05, 3.63) is 76.9 Å². The van der Waals surface area contributed by atoms with Gasteiger partial charge in [-0.1, -0.05) is 41.9 Å². The van der Waals surface area contributed by atoms with Gasteiger partial charge in [-0.25, -0.2) is 4.98 Å². The molecule has 1 aliphatic heterocycles. The van der Waals surface area contributed by atoms with E-state index in [2.05, 4.69) is 24.0 Å². The molecule has 0 saturated carbocycles. The summed E-state index contributed by atoms with van der Waals surface area (Å²) >= 11 is 6.21. The standard InChI is InChI=1S/C25H27ClN4O2/c1-29(2)21-11-12-30(15-21)25(31)18-9-7-17(8-10-18)20-13-23(24(27)28-14-20)32-16-19-5-3-4-6-22(19)26/h3-10,13-14,21H,11-12,15-16H2,1-2H3,(H2,27,28)/t21-/m0/s1. The number of ether oxygens (including phenoxy) is 1. The molecular weight excluding hydrogens is 424 g/mol. The van der Waals surface area contributed by atoms with Crippen molar-refractivity contribution < 1.29 is 9.53 Å². The topological polar surface area (TPSA) is 71.7 Å². The fourth-order valence-electron chi connectivity index (χ4n) is 3.84. The molecule has 3 aromatic rings. The molecule has 166 valence electrons. The van der Waals surface area contributed by atoms with Crippen LogP contribution in [0, 0.1) is 0 Å². The fourth-order valence-corrected chi connectivity index (χ4v) is 4.03. The zero-order chi connectivity index (χ0) is 22.7. The van der Waals surface area contributed by atoms with Crippen molar-refractivity contribution in [3.63, 3.8) is 0 Å². The second kappa shape index (κ2) is 9.59. The third-order valence-corrected chi connectivity index (χ3v) is 6.24. The van der Waals surface area contributed by atoms with Gasteiger partial charge >= 0.3 is 0 Å². The molecular formula is C25H27ClN4O2. The number of anilines is 1. The van der Waals surface area contributed by atoms with Crippen LogP contribution in [0.2, 0.25) is 5.02 Å². The Morgan fingerprint density at radius 1 is 1.19 bits per heavy atom. The summed E-state index contributed by atoms with van der Waals surface area (Å²) < 4.78 is 5.89. The molecule has 2 heterocycles. The van der Waals surface area contributed by atoms with Crippen LogP contribution in [0.25, 0.3) is 11.1 Å². The van der Waals surface area contributed by atoms with Crippen LogP contribution < -0.4 is 10.5 Å². The lowest BCUT2D eigenvalue weighted by atomic mass is 10.0. The van der Waals surface area contributed by atoms with Crippen LogP contribution in [0.3, 0.4) is 0 Å². The van der Waals surface area contributed by atoms with Gasteiger partial charge in [0.1, 0.15) is 6.61 Å². The van der Waals surface area contributed by atoms with E-state index in [0.717, 1.165) is 36.2 Å². The summed E-state index contributed by atoms with van der Waals surface area (Å²) in [5.41, 5.74) is 9.37. The predicted molar refractivity (Wildman–Crippen MR) is 128 cm³/mol. The molecule has 1 saturated heterocycles. The number of amides is 1. The maximum Gasteiger partial charge on any atom is 0.253 e. The number of aromatic nitrogens is 1. The summed E-state index contributed by atoms with van der Waals surface area (Å²) in [6.07, 6.45) is 2.71. The van der Waals surface area contributed by atoms with E-state index in [4.69, 9.17) is 22.1 Å². The molecule has 32 heavy (non-hydrogen) atoms. The number of pyridine rings is 1. The molecule has 2 N–H and O–H groups in total. The van der Waals surface area contributed by atoms with Crippen molar-refractivity contribution in [1.29, 1.82) is 0 Å². The number of halogens is 1. The lowest BCUT2D eigenvalue weighted by Crippen LogP contribution is -2.34. The highest BCUT2D eigenvalue weighted by Gasteiger charge is 2.28. The minimum atomic E-state index is 0.0695. The molecule has 0 aliphatic carbocycles. The van der Waals surface area contributed by atoms with Crippen molar-refractivity contribution in [2.24, 2.45) is 0 Å². The SMILES string of the molecule is CN(C)[C@H]1CCN(C(=O)c2ccc(-c3cnc(N)c(OCc4ccccc4Cl)c3)cc2)C1. The Kier molecular flexibility index (Phi) is 6.63. The lowest BCUT2D eigenvalue weighted by molar-refractivity contribution is 0.0783. The molecule has 6 nitrogen and oxygen atoms in total. The number of rotatable bonds is 6. The summed E-state index contributed by atoms with van der Waals surface area (Å²) in [6.45, 7) is 1.85. The second-order valence-corrected chi connectivity index (χ2v) is 8.63. The van der Waals surface area contributed by atoms with Gasteiger partial charge in [0.15, 0.2) is 11.6 Å². The first-order valence-corrected chi connectivity index (χ1v) is 11.0. The van der Waals surface area contributed by atoms with Crippen molar-refractivity contribution in [1.82, 2.24) is 14.8 Å². The van der Waals surface area contributed by atoms with Gasteiger partial charge in [0.2, 0.25) is 0 Å². The molecule has 1 aliphatic rings. The monoisotopic (exact) mass is 450 g/mol. The zero-order valence-electron chi connectivity index (χ0n) is 18.3. The maximum atomic E-state index is 12.9. The van der Waals surface area contributed by atoms with E-state index < -0.39 is 0 Å². The quantitative estimate of drug-likeness (QED) is 0.604. The predicted octanol–water partition coefficient (Wildman–Crippen LogP) is 4.34. The van der Waals surface area contributed by atoms with Gasteiger partial charge in [0.25, 0.3) is 5.91 Å². The van der Waals surface area contributed by atoms with Crippen molar-refractivity contribution >= 4 is 23.3 Å². The normalized spacial score (nSPS) is 15.9. The summed E-state index contributed by atoms with van der Waals surface area (Å²) in [6, 6.07) is 17.4. The second-order valence-electron chi connectivity index (χ2n) is 8.22. The third kappa shape index (κ3) is 4.87. The molecule has 4 rings (SSSR count). The van der Waals surface area contributed by atoms with Gasteiger partial charge in [0.05, 0.1) is 0 Å². The van der Waals surface area contributed by atoms with Gasteiger partial charge in [0, 0.05) is 47.0 Å². The van der Waals surface area contributed by atoms with Gasteiger partial charge in [-0.15, -0.1) is 0 Å².